The maximum Gasteiger partial charge on any atom is 0.311 e. The van der Waals surface area contributed by atoms with E-state index in [2.05, 4.69) is 0 Å². The average molecular weight is 313 g/mol. The first-order valence-electron chi connectivity index (χ1n) is 6.68. The van der Waals surface area contributed by atoms with Crippen molar-refractivity contribution < 1.29 is 13.3 Å². The highest BCUT2D eigenvalue weighted by Gasteiger charge is 2.31. The summed E-state index contributed by atoms with van der Waals surface area (Å²) in [6, 6.07) is 4.31. The van der Waals surface area contributed by atoms with Crippen LogP contribution in [-0.2, 0) is 9.84 Å². The van der Waals surface area contributed by atoms with Crippen LogP contribution >= 0.6 is 0 Å². The summed E-state index contributed by atoms with van der Waals surface area (Å²) in [4.78, 5) is 12.3. The number of sulfone groups is 1. The van der Waals surface area contributed by atoms with Crippen LogP contribution in [0, 0.1) is 16.0 Å². The summed E-state index contributed by atoms with van der Waals surface area (Å²) in [5, 5.41) is 11.4. The summed E-state index contributed by atoms with van der Waals surface area (Å²) in [5.41, 5.74) is 5.94. The quantitative estimate of drug-likeness (QED) is 0.663. The molecule has 0 spiro atoms. The lowest BCUT2D eigenvalue weighted by atomic mass is 9.96. The van der Waals surface area contributed by atoms with E-state index in [1.807, 2.05) is 11.8 Å². The van der Waals surface area contributed by atoms with Crippen molar-refractivity contribution in [3.63, 3.8) is 0 Å². The van der Waals surface area contributed by atoms with Crippen LogP contribution in [-0.4, -0.2) is 38.7 Å². The zero-order valence-electron chi connectivity index (χ0n) is 12.0. The van der Waals surface area contributed by atoms with E-state index in [0.717, 1.165) is 12.7 Å². The fourth-order valence-corrected chi connectivity index (χ4v) is 3.70. The number of nitro benzene ring substituents is 1. The van der Waals surface area contributed by atoms with Crippen LogP contribution < -0.4 is 10.6 Å². The Morgan fingerprint density at radius 2 is 2.05 bits per heavy atom. The first-order valence-corrected chi connectivity index (χ1v) is 8.57. The van der Waals surface area contributed by atoms with Crippen LogP contribution in [0.2, 0.25) is 0 Å². The molecule has 1 fully saturated rings. The fourth-order valence-electron chi connectivity index (χ4n) is 2.85. The number of nitrogens with zero attached hydrogens (tertiary/aromatic N) is 2. The smallest absolute Gasteiger partial charge is 0.311 e. The first kappa shape index (κ1) is 15.7. The molecule has 2 rings (SSSR count). The van der Waals surface area contributed by atoms with Crippen molar-refractivity contribution >= 4 is 21.2 Å². The summed E-state index contributed by atoms with van der Waals surface area (Å²) >= 11 is 0. The van der Waals surface area contributed by atoms with Gasteiger partial charge in [0.2, 0.25) is 0 Å². The number of piperidine rings is 1. The highest BCUT2D eigenvalue weighted by molar-refractivity contribution is 7.90. The van der Waals surface area contributed by atoms with E-state index in [-0.39, 0.29) is 16.6 Å². The Kier molecular flexibility index (Phi) is 4.20. The summed E-state index contributed by atoms with van der Waals surface area (Å²) in [5.74, 6) is 0.301. The molecule has 1 saturated heterocycles. The molecule has 1 aromatic rings. The van der Waals surface area contributed by atoms with E-state index in [4.69, 9.17) is 5.73 Å². The normalized spacial score (nSPS) is 23.1. The zero-order valence-corrected chi connectivity index (χ0v) is 12.8. The molecule has 1 aromatic carbocycles. The van der Waals surface area contributed by atoms with Gasteiger partial charge in [-0.2, -0.15) is 0 Å². The second-order valence-corrected chi connectivity index (χ2v) is 7.64. The molecule has 0 bridgehead atoms. The Bertz CT molecular complexity index is 649. The van der Waals surface area contributed by atoms with Crippen molar-refractivity contribution in [2.75, 3.05) is 24.2 Å². The second kappa shape index (κ2) is 5.61. The van der Waals surface area contributed by atoms with Crippen LogP contribution in [0.15, 0.2) is 23.1 Å². The molecular weight excluding hydrogens is 294 g/mol. The second-order valence-electron chi connectivity index (χ2n) is 5.66. The van der Waals surface area contributed by atoms with Gasteiger partial charge in [0.1, 0.15) is 10.6 Å². The molecule has 0 radical (unpaired) electrons. The third-order valence-electron chi connectivity index (χ3n) is 3.59. The van der Waals surface area contributed by atoms with Crippen LogP contribution in [0.1, 0.15) is 13.3 Å². The predicted octanol–water partition coefficient (Wildman–Crippen LogP) is 1.17. The number of nitrogens with two attached hydrogens (primary N) is 1. The summed E-state index contributed by atoms with van der Waals surface area (Å²) in [6.45, 7) is 3.14. The number of hydrogen-bond acceptors (Lipinski definition) is 6. The molecule has 1 aliphatic rings. The summed E-state index contributed by atoms with van der Waals surface area (Å²) in [6.07, 6.45) is 1.83. The van der Waals surface area contributed by atoms with Gasteiger partial charge in [0.15, 0.2) is 9.84 Å². The molecule has 2 atom stereocenters. The minimum atomic E-state index is -3.67. The average Bonchev–Trinajstić information content (AvgIpc) is 2.35. The number of rotatable bonds is 3. The lowest BCUT2D eigenvalue weighted by Gasteiger charge is -2.36. The monoisotopic (exact) mass is 313 g/mol. The van der Waals surface area contributed by atoms with Crippen molar-refractivity contribution in [2.24, 2.45) is 11.7 Å². The number of hydrogen-bond donors (Lipinski definition) is 1. The van der Waals surface area contributed by atoms with Gasteiger partial charge in [-0.3, -0.25) is 10.1 Å². The highest BCUT2D eigenvalue weighted by Crippen LogP contribution is 2.36. The highest BCUT2D eigenvalue weighted by atomic mass is 32.2. The molecule has 1 heterocycles. The lowest BCUT2D eigenvalue weighted by molar-refractivity contribution is -0.387. The van der Waals surface area contributed by atoms with E-state index in [1.165, 1.54) is 12.1 Å². The van der Waals surface area contributed by atoms with Gasteiger partial charge in [-0.1, -0.05) is 13.0 Å². The maximum absolute atomic E-state index is 11.8. The predicted molar refractivity (Wildman–Crippen MR) is 80.2 cm³/mol. The Morgan fingerprint density at radius 1 is 1.38 bits per heavy atom. The van der Waals surface area contributed by atoms with Gasteiger partial charge in [0, 0.05) is 25.4 Å². The minimum Gasteiger partial charge on any atom is -0.364 e. The van der Waals surface area contributed by atoms with Crippen molar-refractivity contribution in [1.82, 2.24) is 0 Å². The van der Waals surface area contributed by atoms with Crippen LogP contribution in [0.4, 0.5) is 11.4 Å². The molecule has 2 N–H and O–H groups in total. The first-order chi connectivity index (χ1) is 9.70. The van der Waals surface area contributed by atoms with Crippen LogP contribution in [0.25, 0.3) is 0 Å². The van der Waals surface area contributed by atoms with Crippen LogP contribution in [0.3, 0.4) is 0 Å². The molecule has 0 aliphatic carbocycles. The number of benzene rings is 1. The summed E-state index contributed by atoms with van der Waals surface area (Å²) in [7, 11) is -3.67. The van der Waals surface area contributed by atoms with Crippen molar-refractivity contribution in [3.8, 4) is 0 Å². The zero-order chi connectivity index (χ0) is 15.8. The molecule has 0 amide bonds. The molecule has 0 saturated carbocycles. The molecule has 0 aromatic heterocycles. The fraction of sp³-hybridized carbons (Fsp3) is 0.538. The van der Waals surface area contributed by atoms with E-state index >= 15 is 0 Å². The van der Waals surface area contributed by atoms with Gasteiger partial charge in [-0.25, -0.2) is 8.42 Å². The standard InChI is InChI=1S/C13H19N3O4S/c1-9-6-10(14)8-15(7-9)11-4-3-5-12(21(2,19)20)13(11)16(17)18/h3-5,9-10H,6-8,14H2,1-2H3. The minimum absolute atomic E-state index is 0.0738. The Balaban J connectivity index is 2.56. The lowest BCUT2D eigenvalue weighted by Crippen LogP contribution is -2.46. The number of nitro groups is 1. The molecule has 2 unspecified atom stereocenters. The molecule has 8 heteroatoms. The Hall–Kier alpha value is -1.67. The summed E-state index contributed by atoms with van der Waals surface area (Å²) < 4.78 is 23.5. The van der Waals surface area contributed by atoms with Gasteiger partial charge in [-0.15, -0.1) is 0 Å². The van der Waals surface area contributed by atoms with E-state index in [9.17, 15) is 18.5 Å². The van der Waals surface area contributed by atoms with Gasteiger partial charge in [-0.05, 0) is 24.5 Å². The van der Waals surface area contributed by atoms with E-state index in [0.29, 0.717) is 24.7 Å². The van der Waals surface area contributed by atoms with Crippen molar-refractivity contribution in [1.29, 1.82) is 0 Å². The van der Waals surface area contributed by atoms with Gasteiger partial charge < -0.3 is 10.6 Å². The molecular formula is C13H19N3O4S. The maximum atomic E-state index is 11.8. The van der Waals surface area contributed by atoms with Gasteiger partial charge in [0.05, 0.1) is 4.92 Å². The van der Waals surface area contributed by atoms with Gasteiger partial charge in [0.25, 0.3) is 0 Å². The molecule has 21 heavy (non-hydrogen) atoms. The Labute approximate surface area is 123 Å². The van der Waals surface area contributed by atoms with Crippen molar-refractivity contribution in [2.45, 2.75) is 24.3 Å². The molecule has 116 valence electrons. The Morgan fingerprint density at radius 3 is 2.57 bits per heavy atom. The molecule has 1 aliphatic heterocycles. The van der Waals surface area contributed by atoms with Crippen molar-refractivity contribution in [3.05, 3.63) is 28.3 Å². The third-order valence-corrected chi connectivity index (χ3v) is 4.72. The SMILES string of the molecule is CC1CC(N)CN(c2cccc(S(C)(=O)=O)c2[N+](=O)[O-])C1. The third kappa shape index (κ3) is 3.33. The molecule has 7 nitrogen and oxygen atoms in total. The number of anilines is 1. The van der Waals surface area contributed by atoms with Gasteiger partial charge >= 0.3 is 5.69 Å². The number of para-hydroxylation sites is 1. The van der Waals surface area contributed by atoms with E-state index in [1.54, 1.807) is 6.07 Å². The van der Waals surface area contributed by atoms with Crippen LogP contribution in [0.5, 0.6) is 0 Å². The largest absolute Gasteiger partial charge is 0.364 e. The topological polar surface area (TPSA) is 107 Å². The van der Waals surface area contributed by atoms with E-state index < -0.39 is 14.8 Å².